The lowest BCUT2D eigenvalue weighted by molar-refractivity contribution is -0.117. The first-order valence-corrected chi connectivity index (χ1v) is 7.09. The van der Waals surface area contributed by atoms with Gasteiger partial charge in [0.1, 0.15) is 0 Å². The van der Waals surface area contributed by atoms with Crippen molar-refractivity contribution >= 4 is 28.6 Å². The second kappa shape index (κ2) is 6.85. The molecule has 0 bridgehead atoms. The van der Waals surface area contributed by atoms with E-state index in [0.29, 0.717) is 17.3 Å². The fraction of sp³-hybridized carbons (Fsp3) is 0.214. The number of rotatable bonds is 6. The van der Waals surface area contributed by atoms with E-state index < -0.39 is 5.92 Å². The van der Waals surface area contributed by atoms with E-state index in [4.69, 9.17) is 10.1 Å². The number of benzene rings is 1. The van der Waals surface area contributed by atoms with E-state index in [-0.39, 0.29) is 11.7 Å². The molecule has 21 heavy (non-hydrogen) atoms. The van der Waals surface area contributed by atoms with Crippen LogP contribution in [0.25, 0.3) is 0 Å². The van der Waals surface area contributed by atoms with Gasteiger partial charge in [-0.25, -0.2) is 4.98 Å². The first-order chi connectivity index (χ1) is 10.1. The summed E-state index contributed by atoms with van der Waals surface area (Å²) in [6.07, 6.45) is 3.05. The molecule has 3 N–H and O–H groups in total. The molecular weight excluding hydrogens is 290 g/mol. The van der Waals surface area contributed by atoms with E-state index in [1.54, 1.807) is 23.7 Å². The van der Waals surface area contributed by atoms with Gasteiger partial charge in [-0.3, -0.25) is 4.79 Å². The van der Waals surface area contributed by atoms with Gasteiger partial charge in [0.15, 0.2) is 16.6 Å². The van der Waals surface area contributed by atoms with Gasteiger partial charge in [0.05, 0.1) is 13.0 Å². The number of aromatic nitrogens is 1. The van der Waals surface area contributed by atoms with Crippen LogP contribution in [0.3, 0.4) is 0 Å². The smallest absolute Gasteiger partial charge is 0.234 e. The van der Waals surface area contributed by atoms with Gasteiger partial charge < -0.3 is 20.6 Å². The highest BCUT2D eigenvalue weighted by Crippen LogP contribution is 2.27. The van der Waals surface area contributed by atoms with Gasteiger partial charge in [-0.05, 0) is 24.1 Å². The fourth-order valence-corrected chi connectivity index (χ4v) is 2.35. The number of phenols is 1. The van der Waals surface area contributed by atoms with Crippen molar-refractivity contribution in [2.45, 2.75) is 6.42 Å². The van der Waals surface area contributed by atoms with Crippen molar-refractivity contribution in [2.24, 2.45) is 5.92 Å². The Balaban J connectivity index is 2.08. The zero-order valence-electron chi connectivity index (χ0n) is 11.4. The molecule has 6 nitrogen and oxygen atoms in total. The minimum Gasteiger partial charge on any atom is -0.504 e. The van der Waals surface area contributed by atoms with Crippen LogP contribution < -0.4 is 10.1 Å². The first-order valence-electron chi connectivity index (χ1n) is 6.21. The van der Waals surface area contributed by atoms with Gasteiger partial charge in [0, 0.05) is 17.8 Å². The number of phenolic OH excluding ortho intramolecular Hbond substituents is 1. The number of hydrogen-bond acceptors (Lipinski definition) is 6. The molecule has 0 aliphatic rings. The first kappa shape index (κ1) is 15.0. The molecule has 2 rings (SSSR count). The highest BCUT2D eigenvalue weighted by Gasteiger charge is 2.18. The standard InChI is InChI=1S/C14H15N3O3S/c1-20-12-7-9(2-3-11(12)18)6-10(8-15)13(19)17-14-16-4-5-21-14/h2-5,7-8,10,15,18H,6H2,1H3,(H,16,17,19). The topological polar surface area (TPSA) is 95.3 Å². The summed E-state index contributed by atoms with van der Waals surface area (Å²) in [5.41, 5.74) is 0.799. The number of nitrogens with zero attached hydrogens (tertiary/aromatic N) is 1. The Bertz CT molecular complexity index is 628. The molecule has 1 heterocycles. The lowest BCUT2D eigenvalue weighted by Gasteiger charge is -2.12. The van der Waals surface area contributed by atoms with Crippen molar-refractivity contribution in [2.75, 3.05) is 12.4 Å². The summed E-state index contributed by atoms with van der Waals surface area (Å²) in [6, 6.07) is 4.86. The van der Waals surface area contributed by atoms with Gasteiger partial charge >= 0.3 is 0 Å². The Morgan fingerprint density at radius 2 is 2.43 bits per heavy atom. The predicted octanol–water partition coefficient (Wildman–Crippen LogP) is 2.30. The summed E-state index contributed by atoms with van der Waals surface area (Å²) in [4.78, 5) is 16.1. The van der Waals surface area contributed by atoms with E-state index in [0.717, 1.165) is 11.8 Å². The number of carbonyl (C=O) groups is 1. The molecule has 0 radical (unpaired) electrons. The summed E-state index contributed by atoms with van der Waals surface area (Å²) >= 11 is 1.32. The highest BCUT2D eigenvalue weighted by atomic mass is 32.1. The number of carbonyl (C=O) groups excluding carboxylic acids is 1. The van der Waals surface area contributed by atoms with Crippen molar-refractivity contribution in [3.63, 3.8) is 0 Å². The van der Waals surface area contributed by atoms with Gasteiger partial charge in [-0.2, -0.15) is 0 Å². The van der Waals surface area contributed by atoms with Crippen LogP contribution >= 0.6 is 11.3 Å². The maximum absolute atomic E-state index is 12.1. The van der Waals surface area contributed by atoms with E-state index in [1.807, 2.05) is 0 Å². The Morgan fingerprint density at radius 3 is 3.05 bits per heavy atom. The zero-order chi connectivity index (χ0) is 15.2. The summed E-state index contributed by atoms with van der Waals surface area (Å²) in [6.45, 7) is 0. The quantitative estimate of drug-likeness (QED) is 0.714. The Morgan fingerprint density at radius 1 is 1.62 bits per heavy atom. The number of thiazole rings is 1. The molecule has 1 unspecified atom stereocenters. The van der Waals surface area contributed by atoms with E-state index in [2.05, 4.69) is 10.3 Å². The fourth-order valence-electron chi connectivity index (χ4n) is 1.81. The van der Waals surface area contributed by atoms with Crippen molar-refractivity contribution < 1.29 is 14.6 Å². The second-order valence-electron chi connectivity index (χ2n) is 4.31. The third kappa shape index (κ3) is 3.79. The van der Waals surface area contributed by atoms with Crippen molar-refractivity contribution in [3.8, 4) is 11.5 Å². The van der Waals surface area contributed by atoms with Crippen LogP contribution in [-0.2, 0) is 11.2 Å². The largest absolute Gasteiger partial charge is 0.504 e. The number of amides is 1. The maximum Gasteiger partial charge on any atom is 0.234 e. The second-order valence-corrected chi connectivity index (χ2v) is 5.20. The van der Waals surface area contributed by atoms with Crippen LogP contribution in [0.4, 0.5) is 5.13 Å². The average Bonchev–Trinajstić information content (AvgIpc) is 2.99. The maximum atomic E-state index is 12.1. The molecule has 7 heteroatoms. The Hall–Kier alpha value is -2.41. The van der Waals surface area contributed by atoms with Gasteiger partial charge in [0.25, 0.3) is 0 Å². The van der Waals surface area contributed by atoms with Crippen molar-refractivity contribution in [1.29, 1.82) is 5.41 Å². The minimum atomic E-state index is -0.608. The number of ether oxygens (including phenoxy) is 1. The van der Waals surface area contributed by atoms with Crippen LogP contribution in [0.15, 0.2) is 29.8 Å². The molecule has 0 saturated heterocycles. The Labute approximate surface area is 125 Å². The number of aromatic hydroxyl groups is 1. The monoisotopic (exact) mass is 305 g/mol. The molecule has 1 atom stereocenters. The normalized spacial score (nSPS) is 11.7. The lowest BCUT2D eigenvalue weighted by atomic mass is 9.99. The lowest BCUT2D eigenvalue weighted by Crippen LogP contribution is -2.25. The number of hydrogen-bond donors (Lipinski definition) is 3. The van der Waals surface area contributed by atoms with Gasteiger partial charge in [-0.1, -0.05) is 6.07 Å². The number of anilines is 1. The van der Waals surface area contributed by atoms with Gasteiger partial charge in [0.2, 0.25) is 5.91 Å². The number of methoxy groups -OCH3 is 1. The molecular formula is C14H15N3O3S. The Kier molecular flexibility index (Phi) is 4.89. The highest BCUT2D eigenvalue weighted by molar-refractivity contribution is 7.13. The molecule has 1 aromatic carbocycles. The molecule has 0 aliphatic heterocycles. The molecule has 0 fully saturated rings. The molecule has 2 aromatic rings. The summed E-state index contributed by atoms with van der Waals surface area (Å²) < 4.78 is 5.03. The summed E-state index contributed by atoms with van der Waals surface area (Å²) in [5.74, 6) is -0.508. The molecule has 0 aliphatic carbocycles. The summed E-state index contributed by atoms with van der Waals surface area (Å²) in [5, 5.41) is 21.9. The van der Waals surface area contributed by atoms with Crippen molar-refractivity contribution in [1.82, 2.24) is 4.98 Å². The van der Waals surface area contributed by atoms with Crippen LogP contribution in [-0.4, -0.2) is 29.3 Å². The van der Waals surface area contributed by atoms with E-state index >= 15 is 0 Å². The molecule has 110 valence electrons. The molecule has 1 amide bonds. The zero-order valence-corrected chi connectivity index (χ0v) is 12.2. The predicted molar refractivity (Wildman–Crippen MR) is 81.4 cm³/mol. The minimum absolute atomic E-state index is 0.0416. The molecule has 0 spiro atoms. The van der Waals surface area contributed by atoms with Crippen LogP contribution in [0.1, 0.15) is 5.56 Å². The number of nitrogens with one attached hydrogen (secondary N) is 2. The van der Waals surface area contributed by atoms with Gasteiger partial charge in [-0.15, -0.1) is 11.3 Å². The van der Waals surface area contributed by atoms with E-state index in [1.165, 1.54) is 24.5 Å². The van der Waals surface area contributed by atoms with Crippen LogP contribution in [0.5, 0.6) is 11.5 Å². The van der Waals surface area contributed by atoms with E-state index in [9.17, 15) is 9.90 Å². The third-order valence-electron chi connectivity index (χ3n) is 2.90. The molecule has 1 aromatic heterocycles. The van der Waals surface area contributed by atoms with Crippen LogP contribution in [0.2, 0.25) is 0 Å². The molecule has 0 saturated carbocycles. The average molecular weight is 305 g/mol. The van der Waals surface area contributed by atoms with Crippen molar-refractivity contribution in [3.05, 3.63) is 35.3 Å². The third-order valence-corrected chi connectivity index (χ3v) is 3.59. The SMILES string of the molecule is COc1cc(CC(C=N)C(=O)Nc2nccs2)ccc1O. The summed E-state index contributed by atoms with van der Waals surface area (Å²) in [7, 11) is 1.46. The van der Waals surface area contributed by atoms with Crippen LogP contribution in [0, 0.1) is 11.3 Å².